The molecule has 3 heteroatoms. The summed E-state index contributed by atoms with van der Waals surface area (Å²) in [6.07, 6.45) is 0. The first-order chi connectivity index (χ1) is 7.26. The first kappa shape index (κ1) is 12.2. The van der Waals surface area contributed by atoms with Crippen LogP contribution >= 0.6 is 0 Å². The van der Waals surface area contributed by atoms with E-state index < -0.39 is 0 Å². The van der Waals surface area contributed by atoms with E-state index in [2.05, 4.69) is 17.4 Å². The van der Waals surface area contributed by atoms with E-state index in [1.165, 1.54) is 11.1 Å². The molecule has 2 N–H and O–H groups in total. The molecule has 1 aromatic rings. The van der Waals surface area contributed by atoms with Gasteiger partial charge in [-0.15, -0.1) is 0 Å². The molecule has 1 atom stereocenters. The summed E-state index contributed by atoms with van der Waals surface area (Å²) >= 11 is 0. The van der Waals surface area contributed by atoms with Gasteiger partial charge in [-0.2, -0.15) is 0 Å². The number of ether oxygens (including phenoxy) is 1. The number of nitrogens with one attached hydrogen (secondary N) is 1. The number of aliphatic hydroxyl groups is 1. The molecular formula is C12H19NO2. The molecule has 0 unspecified atom stereocenters. The predicted molar refractivity (Wildman–Crippen MR) is 60.5 cm³/mol. The summed E-state index contributed by atoms with van der Waals surface area (Å²) < 4.78 is 5.07. The van der Waals surface area contributed by atoms with Crippen LogP contribution in [0.15, 0.2) is 24.3 Å². The average molecular weight is 209 g/mol. The Kier molecular flexibility index (Phi) is 5.32. The molecule has 1 rings (SSSR count). The van der Waals surface area contributed by atoms with Crippen molar-refractivity contribution in [2.45, 2.75) is 26.1 Å². The van der Waals surface area contributed by atoms with Crippen molar-refractivity contribution >= 4 is 0 Å². The third-order valence-corrected chi connectivity index (χ3v) is 2.23. The highest BCUT2D eigenvalue weighted by Crippen LogP contribution is 2.06. The molecule has 0 aromatic heterocycles. The highest BCUT2D eigenvalue weighted by molar-refractivity contribution is 5.22. The van der Waals surface area contributed by atoms with Gasteiger partial charge in [-0.05, 0) is 18.1 Å². The van der Waals surface area contributed by atoms with Gasteiger partial charge in [0.15, 0.2) is 0 Å². The van der Waals surface area contributed by atoms with Crippen molar-refractivity contribution in [2.75, 3.05) is 13.7 Å². The van der Waals surface area contributed by atoms with Gasteiger partial charge in [-0.1, -0.05) is 24.3 Å². The molecule has 15 heavy (non-hydrogen) atoms. The quantitative estimate of drug-likeness (QED) is 0.742. The van der Waals surface area contributed by atoms with Gasteiger partial charge in [0.1, 0.15) is 0 Å². The highest BCUT2D eigenvalue weighted by atomic mass is 16.5. The molecule has 3 nitrogen and oxygen atoms in total. The lowest BCUT2D eigenvalue weighted by molar-refractivity contribution is 0.185. The van der Waals surface area contributed by atoms with Crippen molar-refractivity contribution in [3.8, 4) is 0 Å². The molecule has 0 radical (unpaired) electrons. The Morgan fingerprint density at radius 2 is 2.13 bits per heavy atom. The minimum absolute atomic E-state index is 0.135. The van der Waals surface area contributed by atoms with Gasteiger partial charge in [0.25, 0.3) is 0 Å². The van der Waals surface area contributed by atoms with Gasteiger partial charge >= 0.3 is 0 Å². The lowest BCUT2D eigenvalue weighted by atomic mass is 10.1. The molecule has 0 spiro atoms. The van der Waals surface area contributed by atoms with Crippen LogP contribution in [0.5, 0.6) is 0 Å². The van der Waals surface area contributed by atoms with E-state index >= 15 is 0 Å². The second-order valence-electron chi connectivity index (χ2n) is 3.72. The smallest absolute Gasteiger partial charge is 0.0713 e. The van der Waals surface area contributed by atoms with Crippen LogP contribution < -0.4 is 5.32 Å². The van der Waals surface area contributed by atoms with Crippen LogP contribution in [0, 0.1) is 0 Å². The summed E-state index contributed by atoms with van der Waals surface area (Å²) in [7, 11) is 1.69. The van der Waals surface area contributed by atoms with E-state index in [-0.39, 0.29) is 12.6 Å². The van der Waals surface area contributed by atoms with Crippen LogP contribution in [0.3, 0.4) is 0 Å². The second-order valence-corrected chi connectivity index (χ2v) is 3.72. The number of aliphatic hydroxyl groups excluding tert-OH is 1. The van der Waals surface area contributed by atoms with Crippen LogP contribution in [0.25, 0.3) is 0 Å². The lowest BCUT2D eigenvalue weighted by Crippen LogP contribution is -2.28. The number of hydrogen-bond donors (Lipinski definition) is 2. The van der Waals surface area contributed by atoms with Crippen molar-refractivity contribution in [3.05, 3.63) is 35.4 Å². The number of methoxy groups -OCH3 is 1. The van der Waals surface area contributed by atoms with Crippen molar-refractivity contribution in [1.29, 1.82) is 0 Å². The molecule has 0 bridgehead atoms. The van der Waals surface area contributed by atoms with E-state index in [4.69, 9.17) is 9.84 Å². The minimum Gasteiger partial charge on any atom is -0.395 e. The average Bonchev–Trinajstić information content (AvgIpc) is 2.27. The normalized spacial score (nSPS) is 12.7. The maximum Gasteiger partial charge on any atom is 0.0713 e. The molecule has 0 aliphatic rings. The zero-order chi connectivity index (χ0) is 11.1. The fourth-order valence-electron chi connectivity index (χ4n) is 1.35. The SMILES string of the molecule is COCc1cccc(CN[C@@H](C)CO)c1. The van der Waals surface area contributed by atoms with Gasteiger partial charge in [0.2, 0.25) is 0 Å². The van der Waals surface area contributed by atoms with Crippen molar-refractivity contribution in [3.63, 3.8) is 0 Å². The second kappa shape index (κ2) is 6.56. The third kappa shape index (κ3) is 4.42. The van der Waals surface area contributed by atoms with Crippen LogP contribution in [0.4, 0.5) is 0 Å². The topological polar surface area (TPSA) is 41.5 Å². The van der Waals surface area contributed by atoms with E-state index in [9.17, 15) is 0 Å². The molecular weight excluding hydrogens is 190 g/mol. The van der Waals surface area contributed by atoms with Crippen LogP contribution in [-0.2, 0) is 17.9 Å². The summed E-state index contributed by atoms with van der Waals surface area (Å²) in [4.78, 5) is 0. The van der Waals surface area contributed by atoms with E-state index in [1.807, 2.05) is 19.1 Å². The van der Waals surface area contributed by atoms with E-state index in [1.54, 1.807) is 7.11 Å². The monoisotopic (exact) mass is 209 g/mol. The van der Waals surface area contributed by atoms with Crippen molar-refractivity contribution in [1.82, 2.24) is 5.32 Å². The fraction of sp³-hybridized carbons (Fsp3) is 0.500. The van der Waals surface area contributed by atoms with Crippen LogP contribution in [0.1, 0.15) is 18.1 Å². The number of rotatable bonds is 6. The molecule has 0 saturated carbocycles. The van der Waals surface area contributed by atoms with Crippen LogP contribution in [-0.4, -0.2) is 24.9 Å². The fourth-order valence-corrected chi connectivity index (χ4v) is 1.35. The Morgan fingerprint density at radius 1 is 1.40 bits per heavy atom. The largest absolute Gasteiger partial charge is 0.395 e. The number of benzene rings is 1. The van der Waals surface area contributed by atoms with Gasteiger partial charge in [0.05, 0.1) is 13.2 Å². The number of hydrogen-bond acceptors (Lipinski definition) is 3. The summed E-state index contributed by atoms with van der Waals surface area (Å²) in [5.74, 6) is 0. The molecule has 0 aliphatic carbocycles. The highest BCUT2D eigenvalue weighted by Gasteiger charge is 1.99. The van der Waals surface area contributed by atoms with Crippen molar-refractivity contribution < 1.29 is 9.84 Å². The first-order valence-electron chi connectivity index (χ1n) is 5.17. The summed E-state index contributed by atoms with van der Waals surface area (Å²) in [6.45, 7) is 3.54. The van der Waals surface area contributed by atoms with Gasteiger partial charge in [-0.3, -0.25) is 0 Å². The lowest BCUT2D eigenvalue weighted by Gasteiger charge is -2.11. The summed E-state index contributed by atoms with van der Waals surface area (Å²) in [5, 5.41) is 12.1. The standard InChI is InChI=1S/C12H19NO2/c1-10(8-14)13-7-11-4-3-5-12(6-11)9-15-2/h3-6,10,13-14H,7-9H2,1-2H3/t10-/m0/s1. The van der Waals surface area contributed by atoms with Crippen molar-refractivity contribution in [2.24, 2.45) is 0 Å². The van der Waals surface area contributed by atoms with E-state index in [0.29, 0.717) is 6.61 Å². The molecule has 0 amide bonds. The zero-order valence-electron chi connectivity index (χ0n) is 9.36. The van der Waals surface area contributed by atoms with Gasteiger partial charge in [0, 0.05) is 19.7 Å². The Bertz CT molecular complexity index is 289. The van der Waals surface area contributed by atoms with Crippen LogP contribution in [0.2, 0.25) is 0 Å². The minimum atomic E-state index is 0.135. The van der Waals surface area contributed by atoms with E-state index in [0.717, 1.165) is 6.54 Å². The zero-order valence-corrected chi connectivity index (χ0v) is 9.36. The Balaban J connectivity index is 2.50. The molecule has 0 aliphatic heterocycles. The molecule has 1 aromatic carbocycles. The predicted octanol–water partition coefficient (Wildman–Crippen LogP) is 1.30. The first-order valence-corrected chi connectivity index (χ1v) is 5.17. The Morgan fingerprint density at radius 3 is 2.80 bits per heavy atom. The third-order valence-electron chi connectivity index (χ3n) is 2.23. The molecule has 0 fully saturated rings. The summed E-state index contributed by atoms with van der Waals surface area (Å²) in [5.41, 5.74) is 2.39. The molecule has 84 valence electrons. The van der Waals surface area contributed by atoms with Gasteiger partial charge < -0.3 is 15.2 Å². The van der Waals surface area contributed by atoms with Gasteiger partial charge in [-0.25, -0.2) is 0 Å². The Hall–Kier alpha value is -0.900. The maximum atomic E-state index is 8.87. The Labute approximate surface area is 91.1 Å². The molecule has 0 heterocycles. The summed E-state index contributed by atoms with van der Waals surface area (Å²) in [6, 6.07) is 8.38. The maximum absolute atomic E-state index is 8.87. The molecule has 0 saturated heterocycles.